The van der Waals surface area contributed by atoms with Crippen LogP contribution in [0.5, 0.6) is 0 Å². The lowest BCUT2D eigenvalue weighted by Gasteiger charge is -2.04. The maximum atomic E-state index is 6.03. The highest BCUT2D eigenvalue weighted by Crippen LogP contribution is 2.28. The minimum atomic E-state index is 0.308. The van der Waals surface area contributed by atoms with E-state index in [1.54, 1.807) is 16.2 Å². The van der Waals surface area contributed by atoms with Gasteiger partial charge in [-0.25, -0.2) is 0 Å². The van der Waals surface area contributed by atoms with Gasteiger partial charge in [0.15, 0.2) is 0 Å². The van der Waals surface area contributed by atoms with Gasteiger partial charge in [-0.05, 0) is 59.3 Å². The van der Waals surface area contributed by atoms with Gasteiger partial charge < -0.3 is 11.1 Å². The number of rotatable bonds is 4. The van der Waals surface area contributed by atoms with Crippen molar-refractivity contribution in [1.82, 2.24) is 14.2 Å². The molecule has 0 aliphatic heterocycles. The summed E-state index contributed by atoms with van der Waals surface area (Å²) in [6.07, 6.45) is 0. The first kappa shape index (κ1) is 17.0. The third-order valence-corrected chi connectivity index (χ3v) is 5.06. The molecule has 0 saturated carbocycles. The number of nitrogens with two attached hydrogens (primary N) is 1. The zero-order valence-corrected chi connectivity index (χ0v) is 15.7. The summed E-state index contributed by atoms with van der Waals surface area (Å²) < 4.78 is 1.58. The number of anilines is 3. The number of aromatic nitrogens is 3. The molecular formula is C18H13Cl2N5S. The highest BCUT2D eigenvalue weighted by atomic mass is 35.5. The summed E-state index contributed by atoms with van der Waals surface area (Å²) in [4.78, 5) is 5.24. The second-order valence-corrected chi connectivity index (χ2v) is 7.42. The Morgan fingerprint density at radius 3 is 2.38 bits per heavy atom. The molecule has 0 atom stereocenters. The number of nitrogen functional groups attached to an aromatic ring is 1. The van der Waals surface area contributed by atoms with Crippen LogP contribution in [0.3, 0.4) is 0 Å². The molecule has 0 fully saturated rings. The Bertz CT molecular complexity index is 1080. The van der Waals surface area contributed by atoms with Crippen molar-refractivity contribution in [2.75, 3.05) is 11.1 Å². The van der Waals surface area contributed by atoms with E-state index < -0.39 is 0 Å². The molecule has 130 valence electrons. The molecule has 0 radical (unpaired) electrons. The normalized spacial score (nSPS) is 11.0. The molecular weight excluding hydrogens is 389 g/mol. The number of hydrogen-bond donors (Lipinski definition) is 2. The fourth-order valence-electron chi connectivity index (χ4n) is 2.44. The molecule has 0 bridgehead atoms. The van der Waals surface area contributed by atoms with Crippen molar-refractivity contribution in [1.29, 1.82) is 0 Å². The maximum absolute atomic E-state index is 6.03. The summed E-state index contributed by atoms with van der Waals surface area (Å²) in [5.74, 6) is 0.729. The van der Waals surface area contributed by atoms with E-state index in [-0.39, 0.29) is 0 Å². The number of fused-ring (bicyclic) bond motifs is 1. The molecule has 1 heterocycles. The summed E-state index contributed by atoms with van der Waals surface area (Å²) in [6, 6.07) is 19.1. The lowest BCUT2D eigenvalue weighted by atomic mass is 10.1. The minimum Gasteiger partial charge on any atom is -0.367 e. The van der Waals surface area contributed by atoms with E-state index in [0.29, 0.717) is 16.9 Å². The van der Waals surface area contributed by atoms with E-state index >= 15 is 0 Å². The highest BCUT2D eigenvalue weighted by Gasteiger charge is 2.09. The van der Waals surface area contributed by atoms with Gasteiger partial charge in [0.2, 0.25) is 11.9 Å². The molecule has 0 unspecified atom stereocenters. The number of benzene rings is 3. The van der Waals surface area contributed by atoms with Gasteiger partial charge in [-0.2, -0.15) is 9.07 Å². The summed E-state index contributed by atoms with van der Waals surface area (Å²) in [5.41, 5.74) is 6.82. The molecule has 0 amide bonds. The second kappa shape index (κ2) is 7.07. The Labute approximate surface area is 164 Å². The first-order chi connectivity index (χ1) is 12.6. The Morgan fingerprint density at radius 2 is 1.58 bits per heavy atom. The quantitative estimate of drug-likeness (QED) is 0.464. The van der Waals surface area contributed by atoms with E-state index in [1.165, 1.54) is 11.9 Å². The predicted octanol–water partition coefficient (Wildman–Crippen LogP) is 5.62. The van der Waals surface area contributed by atoms with Crippen LogP contribution in [0.1, 0.15) is 0 Å². The molecule has 4 rings (SSSR count). The molecule has 3 N–H and O–H groups in total. The van der Waals surface area contributed by atoms with Crippen LogP contribution >= 0.6 is 35.1 Å². The van der Waals surface area contributed by atoms with E-state index in [9.17, 15) is 0 Å². The Kier molecular flexibility index (Phi) is 4.63. The van der Waals surface area contributed by atoms with Crippen molar-refractivity contribution in [3.8, 4) is 0 Å². The lowest BCUT2D eigenvalue weighted by molar-refractivity contribution is 1.02. The first-order valence-corrected chi connectivity index (χ1v) is 9.22. The van der Waals surface area contributed by atoms with Crippen molar-refractivity contribution < 1.29 is 0 Å². The first-order valence-electron chi connectivity index (χ1n) is 7.70. The van der Waals surface area contributed by atoms with E-state index in [1.807, 2.05) is 42.5 Å². The van der Waals surface area contributed by atoms with E-state index in [0.717, 1.165) is 26.4 Å². The minimum absolute atomic E-state index is 0.308. The van der Waals surface area contributed by atoms with Crippen LogP contribution in [0.4, 0.5) is 17.6 Å². The lowest BCUT2D eigenvalue weighted by Crippen LogP contribution is -1.97. The van der Waals surface area contributed by atoms with Gasteiger partial charge >= 0.3 is 0 Å². The van der Waals surface area contributed by atoms with Crippen LogP contribution in [-0.4, -0.2) is 14.2 Å². The van der Waals surface area contributed by atoms with Gasteiger partial charge in [-0.3, -0.25) is 0 Å². The molecule has 0 saturated heterocycles. The Balaban J connectivity index is 1.55. The molecule has 26 heavy (non-hydrogen) atoms. The van der Waals surface area contributed by atoms with Crippen LogP contribution in [0.2, 0.25) is 10.0 Å². The Hall–Kier alpha value is -2.41. The summed E-state index contributed by atoms with van der Waals surface area (Å²) in [7, 11) is 0. The number of hydrogen-bond acceptors (Lipinski definition) is 5. The number of nitrogens with one attached hydrogen (secondary N) is 1. The molecule has 0 aliphatic rings. The highest BCUT2D eigenvalue weighted by molar-refractivity contribution is 7.97. The maximum Gasteiger partial charge on any atom is 0.249 e. The third-order valence-electron chi connectivity index (χ3n) is 3.67. The van der Waals surface area contributed by atoms with Crippen LogP contribution in [0.25, 0.3) is 10.8 Å². The second-order valence-electron chi connectivity index (χ2n) is 5.54. The van der Waals surface area contributed by atoms with Gasteiger partial charge in [0.1, 0.15) is 0 Å². The van der Waals surface area contributed by atoms with Gasteiger partial charge in [-0.15, -0.1) is 5.10 Å². The summed E-state index contributed by atoms with van der Waals surface area (Å²) >= 11 is 13.3. The van der Waals surface area contributed by atoms with Gasteiger partial charge in [-0.1, -0.05) is 35.3 Å². The van der Waals surface area contributed by atoms with Gasteiger partial charge in [0, 0.05) is 32.6 Å². The zero-order chi connectivity index (χ0) is 18.1. The molecule has 3 aromatic carbocycles. The van der Waals surface area contributed by atoms with Crippen LogP contribution in [0, 0.1) is 0 Å². The average Bonchev–Trinajstić information content (AvgIpc) is 2.96. The van der Waals surface area contributed by atoms with Gasteiger partial charge in [0.25, 0.3) is 0 Å². The topological polar surface area (TPSA) is 68.8 Å². The van der Waals surface area contributed by atoms with Crippen LogP contribution in [0.15, 0.2) is 65.6 Å². The molecule has 0 aliphatic carbocycles. The molecule has 8 heteroatoms. The zero-order valence-electron chi connectivity index (χ0n) is 13.4. The number of nitrogens with zero attached hydrogens (tertiary/aromatic N) is 3. The molecule has 4 aromatic rings. The largest absolute Gasteiger partial charge is 0.367 e. The molecule has 0 spiro atoms. The third kappa shape index (κ3) is 3.72. The SMILES string of the molecule is Nc1nc(Nc2ccc(Cl)cc2)nn1Sc1ccc2cc(Cl)ccc2c1. The summed E-state index contributed by atoms with van der Waals surface area (Å²) in [5, 5.41) is 11.1. The van der Waals surface area contributed by atoms with E-state index in [2.05, 4.69) is 21.5 Å². The Morgan fingerprint density at radius 1 is 0.885 bits per heavy atom. The molecule has 5 nitrogen and oxygen atoms in total. The fourth-order valence-corrected chi connectivity index (χ4v) is 3.51. The van der Waals surface area contributed by atoms with Crippen LogP contribution in [-0.2, 0) is 0 Å². The smallest absolute Gasteiger partial charge is 0.249 e. The monoisotopic (exact) mass is 401 g/mol. The average molecular weight is 402 g/mol. The van der Waals surface area contributed by atoms with Crippen molar-refractivity contribution in [2.24, 2.45) is 0 Å². The van der Waals surface area contributed by atoms with Crippen LogP contribution < -0.4 is 11.1 Å². The predicted molar refractivity (Wildman–Crippen MR) is 109 cm³/mol. The van der Waals surface area contributed by atoms with E-state index in [4.69, 9.17) is 28.9 Å². The van der Waals surface area contributed by atoms with Crippen molar-refractivity contribution >= 4 is 63.5 Å². The fraction of sp³-hybridized carbons (Fsp3) is 0. The standard InChI is InChI=1S/C18H13Cl2N5S/c19-13-4-6-15(7-5-13)22-18-23-17(21)25(24-18)26-16-8-2-11-9-14(20)3-1-12(11)10-16/h1-10H,(H3,21,22,23,24). The van der Waals surface area contributed by atoms with Crippen molar-refractivity contribution in [2.45, 2.75) is 4.90 Å². The van der Waals surface area contributed by atoms with Crippen molar-refractivity contribution in [3.63, 3.8) is 0 Å². The van der Waals surface area contributed by atoms with Crippen molar-refractivity contribution in [3.05, 3.63) is 70.7 Å². The van der Waals surface area contributed by atoms with Gasteiger partial charge in [0.05, 0.1) is 0 Å². The summed E-state index contributed by atoms with van der Waals surface area (Å²) in [6.45, 7) is 0. The molecule has 1 aromatic heterocycles. The number of halogens is 2.